The minimum Gasteiger partial charge on any atom is -0.505 e. The highest BCUT2D eigenvalue weighted by molar-refractivity contribution is 6.68. The van der Waals surface area contributed by atoms with Gasteiger partial charge in [0.1, 0.15) is 0 Å². The van der Waals surface area contributed by atoms with Gasteiger partial charge in [0, 0.05) is 5.56 Å². The zero-order valence-electron chi connectivity index (χ0n) is 6.57. The predicted octanol–water partition coefficient (Wildman–Crippen LogP) is 2.87. The van der Waals surface area contributed by atoms with Crippen molar-refractivity contribution in [2.24, 2.45) is 0 Å². The van der Waals surface area contributed by atoms with Crippen LogP contribution in [0.1, 0.15) is 15.9 Å². The maximum Gasteiger partial charge on any atom is 0.254 e. The van der Waals surface area contributed by atoms with Gasteiger partial charge in [0.05, 0.1) is 10.6 Å². The summed E-state index contributed by atoms with van der Waals surface area (Å²) in [6, 6.07) is 0.903. The number of hydrogen-bond donors (Lipinski definition) is 1. The van der Waals surface area contributed by atoms with Crippen molar-refractivity contribution in [2.75, 3.05) is 0 Å². The van der Waals surface area contributed by atoms with Crippen LogP contribution in [0.2, 0.25) is 5.02 Å². The van der Waals surface area contributed by atoms with Crippen molar-refractivity contribution in [3.63, 3.8) is 0 Å². The Morgan fingerprint density at radius 3 is 2.62 bits per heavy atom. The summed E-state index contributed by atoms with van der Waals surface area (Å²) in [4.78, 5) is 10.7. The highest BCUT2D eigenvalue weighted by Gasteiger charge is 2.16. The fourth-order valence-electron chi connectivity index (χ4n) is 0.897. The van der Waals surface area contributed by atoms with Crippen LogP contribution in [0.15, 0.2) is 6.07 Å². The van der Waals surface area contributed by atoms with Crippen molar-refractivity contribution in [3.8, 4) is 5.75 Å². The monoisotopic (exact) mass is 222 g/mol. The Labute approximate surface area is 83.9 Å². The van der Waals surface area contributed by atoms with Crippen LogP contribution in [0, 0.1) is 12.7 Å². The predicted molar refractivity (Wildman–Crippen MR) is 48.0 cm³/mol. The van der Waals surface area contributed by atoms with Crippen molar-refractivity contribution in [3.05, 3.63) is 28.0 Å². The largest absolute Gasteiger partial charge is 0.505 e. The van der Waals surface area contributed by atoms with E-state index < -0.39 is 16.8 Å². The van der Waals surface area contributed by atoms with Crippen LogP contribution in [0.5, 0.6) is 5.75 Å². The number of carbonyl (C=O) groups is 1. The SMILES string of the molecule is Cc1c(F)c(O)cc(C(=O)Cl)c1Cl. The lowest BCUT2D eigenvalue weighted by atomic mass is 10.1. The Kier molecular flexibility index (Phi) is 2.78. The molecule has 0 aliphatic carbocycles. The first-order valence-corrected chi connectivity index (χ1v) is 4.08. The minimum absolute atomic E-state index is 0.00525. The Morgan fingerprint density at radius 1 is 1.62 bits per heavy atom. The van der Waals surface area contributed by atoms with Crippen LogP contribution in [0.3, 0.4) is 0 Å². The highest BCUT2D eigenvalue weighted by atomic mass is 35.5. The van der Waals surface area contributed by atoms with Gasteiger partial charge in [-0.05, 0) is 24.6 Å². The summed E-state index contributed by atoms with van der Waals surface area (Å²) >= 11 is 10.8. The number of rotatable bonds is 1. The van der Waals surface area contributed by atoms with E-state index in [1.54, 1.807) is 0 Å². The molecule has 1 aromatic carbocycles. The number of halogens is 3. The average molecular weight is 223 g/mol. The standard InChI is InChI=1S/C8H5Cl2FO2/c1-3-6(9)4(8(10)13)2-5(12)7(3)11/h2,12H,1H3. The molecule has 0 unspecified atom stereocenters. The van der Waals surface area contributed by atoms with Gasteiger partial charge in [-0.25, -0.2) is 4.39 Å². The Morgan fingerprint density at radius 2 is 2.15 bits per heavy atom. The summed E-state index contributed by atoms with van der Waals surface area (Å²) in [6.45, 7) is 1.35. The summed E-state index contributed by atoms with van der Waals surface area (Å²) in [6.07, 6.45) is 0. The second-order valence-corrected chi connectivity index (χ2v) is 3.19. The molecule has 70 valence electrons. The van der Waals surface area contributed by atoms with E-state index >= 15 is 0 Å². The molecule has 13 heavy (non-hydrogen) atoms. The highest BCUT2D eigenvalue weighted by Crippen LogP contribution is 2.30. The lowest BCUT2D eigenvalue weighted by Crippen LogP contribution is -1.95. The fraction of sp³-hybridized carbons (Fsp3) is 0.125. The van der Waals surface area contributed by atoms with Crippen LogP contribution < -0.4 is 0 Å². The van der Waals surface area contributed by atoms with Gasteiger partial charge in [0.2, 0.25) is 0 Å². The normalized spacial score (nSPS) is 10.2. The summed E-state index contributed by atoms with van der Waals surface area (Å²) in [5.41, 5.74) is -0.0922. The molecule has 1 rings (SSSR count). The summed E-state index contributed by atoms with van der Waals surface area (Å²) in [5.74, 6) is -1.47. The van der Waals surface area contributed by atoms with E-state index in [-0.39, 0.29) is 16.1 Å². The van der Waals surface area contributed by atoms with Gasteiger partial charge in [-0.2, -0.15) is 0 Å². The van der Waals surface area contributed by atoms with Crippen LogP contribution in [0.4, 0.5) is 4.39 Å². The maximum absolute atomic E-state index is 12.9. The van der Waals surface area contributed by atoms with Crippen molar-refractivity contribution >= 4 is 28.4 Å². The van der Waals surface area contributed by atoms with E-state index in [4.69, 9.17) is 28.3 Å². The van der Waals surface area contributed by atoms with E-state index in [0.29, 0.717) is 0 Å². The molecule has 0 aromatic heterocycles. The molecule has 0 radical (unpaired) electrons. The first-order chi connectivity index (χ1) is 5.95. The van der Waals surface area contributed by atoms with E-state index in [0.717, 1.165) is 6.07 Å². The van der Waals surface area contributed by atoms with Crippen molar-refractivity contribution in [1.82, 2.24) is 0 Å². The molecule has 0 saturated heterocycles. The van der Waals surface area contributed by atoms with Gasteiger partial charge >= 0.3 is 0 Å². The summed E-state index contributed by atoms with van der Waals surface area (Å²) in [5, 5.41) is 8.11. The smallest absolute Gasteiger partial charge is 0.254 e. The van der Waals surface area contributed by atoms with Crippen LogP contribution in [0.25, 0.3) is 0 Å². The first kappa shape index (κ1) is 10.3. The Bertz CT molecular complexity index is 377. The zero-order valence-corrected chi connectivity index (χ0v) is 8.08. The first-order valence-electron chi connectivity index (χ1n) is 3.32. The maximum atomic E-state index is 12.9. The molecule has 0 aliphatic heterocycles. The number of benzene rings is 1. The Hall–Kier alpha value is -0.800. The average Bonchev–Trinajstić information content (AvgIpc) is 2.07. The number of phenols is 1. The van der Waals surface area contributed by atoms with E-state index in [2.05, 4.69) is 0 Å². The lowest BCUT2D eigenvalue weighted by Gasteiger charge is -2.05. The van der Waals surface area contributed by atoms with Crippen molar-refractivity contribution < 1.29 is 14.3 Å². The van der Waals surface area contributed by atoms with E-state index in [9.17, 15) is 9.18 Å². The molecule has 0 heterocycles. The number of aromatic hydroxyl groups is 1. The third kappa shape index (κ3) is 1.76. The third-order valence-electron chi connectivity index (χ3n) is 1.61. The van der Waals surface area contributed by atoms with E-state index in [1.165, 1.54) is 6.92 Å². The Balaban J connectivity index is 3.50. The summed E-state index contributed by atoms with van der Waals surface area (Å²) < 4.78 is 12.9. The molecule has 0 amide bonds. The van der Waals surface area contributed by atoms with Gasteiger partial charge in [-0.3, -0.25) is 4.79 Å². The molecule has 1 N–H and O–H groups in total. The topological polar surface area (TPSA) is 37.3 Å². The zero-order chi connectivity index (χ0) is 10.2. The van der Waals surface area contributed by atoms with Crippen molar-refractivity contribution in [2.45, 2.75) is 6.92 Å². The number of phenolic OH excluding ortho intramolecular Hbond substituents is 1. The minimum atomic E-state index is -0.841. The van der Waals surface area contributed by atoms with Gasteiger partial charge in [0.25, 0.3) is 5.24 Å². The molecule has 0 bridgehead atoms. The van der Waals surface area contributed by atoms with E-state index in [1.807, 2.05) is 0 Å². The third-order valence-corrected chi connectivity index (χ3v) is 2.30. The van der Waals surface area contributed by atoms with Crippen molar-refractivity contribution in [1.29, 1.82) is 0 Å². The fourth-order valence-corrected chi connectivity index (χ4v) is 1.32. The quantitative estimate of drug-likeness (QED) is 0.743. The second kappa shape index (κ2) is 3.52. The number of hydrogen-bond acceptors (Lipinski definition) is 2. The molecule has 0 atom stereocenters. The molecule has 2 nitrogen and oxygen atoms in total. The molecule has 5 heteroatoms. The number of carbonyl (C=O) groups excluding carboxylic acids is 1. The molecular weight excluding hydrogens is 218 g/mol. The second-order valence-electron chi connectivity index (χ2n) is 2.47. The van der Waals surface area contributed by atoms with Crippen LogP contribution >= 0.6 is 23.2 Å². The summed E-state index contributed by atoms with van der Waals surface area (Å²) in [7, 11) is 0. The van der Waals surface area contributed by atoms with Gasteiger partial charge in [-0.1, -0.05) is 11.6 Å². The van der Waals surface area contributed by atoms with Gasteiger partial charge in [0.15, 0.2) is 11.6 Å². The van der Waals surface area contributed by atoms with Gasteiger partial charge in [-0.15, -0.1) is 0 Å². The lowest BCUT2D eigenvalue weighted by molar-refractivity contribution is 0.108. The van der Waals surface area contributed by atoms with Crippen LogP contribution in [-0.4, -0.2) is 10.3 Å². The van der Waals surface area contributed by atoms with Gasteiger partial charge < -0.3 is 5.11 Å². The molecule has 0 fully saturated rings. The molecule has 0 spiro atoms. The molecular formula is C8H5Cl2FO2. The van der Waals surface area contributed by atoms with Crippen LogP contribution in [-0.2, 0) is 0 Å². The molecule has 1 aromatic rings. The molecule has 0 aliphatic rings. The molecule has 0 saturated carbocycles.